The van der Waals surface area contributed by atoms with Gasteiger partial charge in [0.2, 0.25) is 0 Å². The Kier molecular flexibility index (Phi) is 7.40. The molecule has 0 aliphatic rings. The second-order valence-corrected chi connectivity index (χ2v) is 3.64. The Bertz CT molecular complexity index is 271. The highest BCUT2D eigenvalue weighted by atomic mass is 32.1. The van der Waals surface area contributed by atoms with Gasteiger partial charge in [0.25, 0.3) is 0 Å². The van der Waals surface area contributed by atoms with Crippen LogP contribution in [0.25, 0.3) is 0 Å². The van der Waals surface area contributed by atoms with E-state index in [-0.39, 0.29) is 18.1 Å². The number of amides is 2. The van der Waals surface area contributed by atoms with Gasteiger partial charge in [-0.05, 0) is 13.3 Å². The zero-order valence-electron chi connectivity index (χ0n) is 9.23. The summed E-state index contributed by atoms with van der Waals surface area (Å²) in [6, 6.07) is 0. The van der Waals surface area contributed by atoms with Crippen LogP contribution in [-0.4, -0.2) is 53.1 Å². The minimum atomic E-state index is -0.729. The Morgan fingerprint density at radius 1 is 1.50 bits per heavy atom. The summed E-state index contributed by atoms with van der Waals surface area (Å²) in [4.78, 5) is 24.3. The fourth-order valence-electron chi connectivity index (χ4n) is 1.05. The van der Waals surface area contributed by atoms with E-state index in [1.165, 1.54) is 4.90 Å². The molecule has 0 aliphatic heterocycles. The van der Waals surface area contributed by atoms with Gasteiger partial charge in [-0.25, -0.2) is 0 Å². The predicted molar refractivity (Wildman–Crippen MR) is 63.8 cm³/mol. The molecule has 0 spiro atoms. The molecule has 0 heterocycles. The topological polar surface area (TPSA) is 95.7 Å². The van der Waals surface area contributed by atoms with Gasteiger partial charge in [0, 0.05) is 19.7 Å². The summed E-state index contributed by atoms with van der Waals surface area (Å²) in [7, 11) is 0. The van der Waals surface area contributed by atoms with E-state index < -0.39 is 11.8 Å². The fourth-order valence-corrected chi connectivity index (χ4v) is 1.12. The molecule has 16 heavy (non-hydrogen) atoms. The van der Waals surface area contributed by atoms with Crippen LogP contribution in [0.5, 0.6) is 0 Å². The van der Waals surface area contributed by atoms with Crippen LogP contribution in [0.2, 0.25) is 0 Å². The second-order valence-electron chi connectivity index (χ2n) is 3.11. The molecule has 92 valence electrons. The van der Waals surface area contributed by atoms with Gasteiger partial charge in [0.1, 0.15) is 0 Å². The minimum Gasteiger partial charge on any atom is -0.396 e. The lowest BCUT2D eigenvalue weighted by Crippen LogP contribution is -2.45. The summed E-state index contributed by atoms with van der Waals surface area (Å²) in [6.07, 6.45) is 0.447. The van der Waals surface area contributed by atoms with E-state index in [0.29, 0.717) is 19.5 Å². The number of hydrogen-bond acceptors (Lipinski definition) is 4. The van der Waals surface area contributed by atoms with Crippen molar-refractivity contribution in [2.45, 2.75) is 13.3 Å². The van der Waals surface area contributed by atoms with E-state index >= 15 is 0 Å². The molecule has 6 nitrogen and oxygen atoms in total. The van der Waals surface area contributed by atoms with Crippen molar-refractivity contribution in [2.75, 3.05) is 26.2 Å². The Labute approximate surface area is 99.8 Å². The number of carbonyl (C=O) groups excluding carboxylic acids is 2. The average molecular weight is 247 g/mol. The molecule has 0 aliphatic carbocycles. The highest BCUT2D eigenvalue weighted by molar-refractivity contribution is 7.80. The molecule has 0 saturated heterocycles. The van der Waals surface area contributed by atoms with Crippen LogP contribution in [0.4, 0.5) is 0 Å². The summed E-state index contributed by atoms with van der Waals surface area (Å²) in [5.74, 6) is -1.36. The Morgan fingerprint density at radius 2 is 2.12 bits per heavy atom. The Morgan fingerprint density at radius 3 is 2.56 bits per heavy atom. The summed E-state index contributed by atoms with van der Waals surface area (Å²) >= 11 is 4.57. The van der Waals surface area contributed by atoms with Gasteiger partial charge in [-0.3, -0.25) is 9.59 Å². The van der Waals surface area contributed by atoms with E-state index in [4.69, 9.17) is 10.8 Å². The number of likely N-dealkylation sites (N-methyl/N-ethyl adjacent to an activating group) is 1. The van der Waals surface area contributed by atoms with Crippen LogP contribution >= 0.6 is 12.2 Å². The van der Waals surface area contributed by atoms with Gasteiger partial charge in [-0.2, -0.15) is 0 Å². The summed E-state index contributed by atoms with van der Waals surface area (Å²) < 4.78 is 0. The first-order chi connectivity index (χ1) is 7.52. The van der Waals surface area contributed by atoms with Crippen LogP contribution in [0, 0.1) is 0 Å². The van der Waals surface area contributed by atoms with Gasteiger partial charge in [0.05, 0.1) is 11.5 Å². The zero-order valence-corrected chi connectivity index (χ0v) is 10.0. The molecule has 4 N–H and O–H groups in total. The molecule has 2 amide bonds. The van der Waals surface area contributed by atoms with Crippen molar-refractivity contribution < 1.29 is 14.7 Å². The molecule has 0 aromatic heterocycles. The van der Waals surface area contributed by atoms with E-state index in [0.717, 1.165) is 0 Å². The standard InChI is InChI=1S/C9H17N3O3S/c1-2-12(4-3-5-13)9(15)8(14)11-6-7(10)16/h13H,2-6H2,1H3,(H2,10,16)(H,11,14). The molecule has 0 aromatic carbocycles. The lowest BCUT2D eigenvalue weighted by molar-refractivity contribution is -0.145. The van der Waals surface area contributed by atoms with Crippen LogP contribution < -0.4 is 11.1 Å². The normalized spacial score (nSPS) is 9.62. The molecular weight excluding hydrogens is 230 g/mol. The number of aliphatic hydroxyl groups is 1. The minimum absolute atomic E-state index is 0.0114. The number of aliphatic hydroxyl groups excluding tert-OH is 1. The Hall–Kier alpha value is -1.21. The van der Waals surface area contributed by atoms with Crippen LogP contribution in [0.1, 0.15) is 13.3 Å². The lowest BCUT2D eigenvalue weighted by Gasteiger charge is -2.19. The number of carbonyl (C=O) groups is 2. The van der Waals surface area contributed by atoms with Crippen LogP contribution in [-0.2, 0) is 9.59 Å². The highest BCUT2D eigenvalue weighted by Gasteiger charge is 2.19. The van der Waals surface area contributed by atoms with E-state index in [1.54, 1.807) is 6.92 Å². The summed E-state index contributed by atoms with van der Waals surface area (Å²) in [6.45, 7) is 2.53. The molecule has 0 aromatic rings. The third-order valence-corrected chi connectivity index (χ3v) is 2.02. The largest absolute Gasteiger partial charge is 0.396 e. The Balaban J connectivity index is 4.16. The molecule has 0 bridgehead atoms. The summed E-state index contributed by atoms with van der Waals surface area (Å²) in [5, 5.41) is 10.9. The third-order valence-electron chi connectivity index (χ3n) is 1.87. The molecule has 0 saturated carbocycles. The van der Waals surface area contributed by atoms with Gasteiger partial charge in [-0.1, -0.05) is 12.2 Å². The van der Waals surface area contributed by atoms with Gasteiger partial charge in [-0.15, -0.1) is 0 Å². The predicted octanol–water partition coefficient (Wildman–Crippen LogP) is -1.38. The molecule has 0 rings (SSSR count). The number of hydrogen-bond donors (Lipinski definition) is 3. The van der Waals surface area contributed by atoms with Gasteiger partial charge >= 0.3 is 11.8 Å². The van der Waals surface area contributed by atoms with Gasteiger partial charge in [0.15, 0.2) is 0 Å². The smallest absolute Gasteiger partial charge is 0.311 e. The summed E-state index contributed by atoms with van der Waals surface area (Å²) in [5.41, 5.74) is 5.19. The quantitative estimate of drug-likeness (QED) is 0.397. The molecule has 7 heteroatoms. The number of nitrogens with two attached hydrogens (primary N) is 1. The van der Waals surface area contributed by atoms with Crippen molar-refractivity contribution in [3.63, 3.8) is 0 Å². The lowest BCUT2D eigenvalue weighted by atomic mass is 10.3. The van der Waals surface area contributed by atoms with Crippen molar-refractivity contribution in [2.24, 2.45) is 5.73 Å². The maximum absolute atomic E-state index is 11.5. The average Bonchev–Trinajstić information content (AvgIpc) is 2.26. The number of thiocarbonyl (C=S) groups is 1. The first kappa shape index (κ1) is 14.8. The van der Waals surface area contributed by atoms with Crippen molar-refractivity contribution >= 4 is 29.0 Å². The van der Waals surface area contributed by atoms with Crippen molar-refractivity contribution in [1.29, 1.82) is 0 Å². The molecular formula is C9H17N3O3S. The highest BCUT2D eigenvalue weighted by Crippen LogP contribution is 1.92. The number of rotatable bonds is 6. The monoisotopic (exact) mass is 247 g/mol. The second kappa shape index (κ2) is 8.00. The van der Waals surface area contributed by atoms with E-state index in [1.807, 2.05) is 0 Å². The fraction of sp³-hybridized carbons (Fsp3) is 0.667. The first-order valence-electron chi connectivity index (χ1n) is 4.99. The molecule has 0 unspecified atom stereocenters. The molecule has 0 fully saturated rings. The van der Waals surface area contributed by atoms with Gasteiger partial charge < -0.3 is 21.1 Å². The maximum atomic E-state index is 11.5. The maximum Gasteiger partial charge on any atom is 0.311 e. The van der Waals surface area contributed by atoms with Crippen molar-refractivity contribution in [3.05, 3.63) is 0 Å². The molecule has 0 radical (unpaired) electrons. The SMILES string of the molecule is CCN(CCCO)C(=O)C(=O)NCC(N)=S. The van der Waals surface area contributed by atoms with E-state index in [9.17, 15) is 9.59 Å². The number of nitrogens with zero attached hydrogens (tertiary/aromatic N) is 1. The number of nitrogens with one attached hydrogen (secondary N) is 1. The van der Waals surface area contributed by atoms with Crippen molar-refractivity contribution in [3.8, 4) is 0 Å². The van der Waals surface area contributed by atoms with Crippen LogP contribution in [0.15, 0.2) is 0 Å². The van der Waals surface area contributed by atoms with Crippen molar-refractivity contribution in [1.82, 2.24) is 10.2 Å². The van der Waals surface area contributed by atoms with Crippen LogP contribution in [0.3, 0.4) is 0 Å². The first-order valence-corrected chi connectivity index (χ1v) is 5.40. The zero-order chi connectivity index (χ0) is 12.6. The van der Waals surface area contributed by atoms with E-state index in [2.05, 4.69) is 17.5 Å². The third kappa shape index (κ3) is 5.62. The molecule has 0 atom stereocenters.